The SMILES string of the molecule is CC[C@H](C)[C@@H]1NC(=O)[C@H](C)N(C)C(=O)C[C@@H](C(=O)N2CCCCC2)N(C)C(=O)[C@H](C2CCCCC2)N(C)C(=O)C2(CCCC2)NC(=O)[C@H](Cc2cccnc2)N(C)C(=O)[C@H](CCc2ccc(C(F)(F)F)c(Cl)c2)NC(=O)CN(C)C(=O)[C@H](CC2CCCCC2)N(C)C(=O)C2CCCN2C(=O)CN(C)C1=O. The molecule has 9 atom stereocenters. The lowest BCUT2D eigenvalue weighted by molar-refractivity contribution is -0.157. The topological polar surface area (TPSA) is 283 Å². The van der Waals surface area contributed by atoms with Crippen molar-refractivity contribution in [3.63, 3.8) is 0 Å². The number of benzene rings is 1. The summed E-state index contributed by atoms with van der Waals surface area (Å²) in [5.41, 5.74) is -1.98. The van der Waals surface area contributed by atoms with Crippen LogP contribution in [0.15, 0.2) is 42.7 Å². The number of likely N-dealkylation sites (N-methyl/N-ethyl adjacent to an activating group) is 7. The number of nitrogens with one attached hydrogen (secondary N) is 3. The van der Waals surface area contributed by atoms with E-state index < -0.39 is 173 Å². The lowest BCUT2D eigenvalue weighted by Gasteiger charge is -2.43. The van der Waals surface area contributed by atoms with E-state index in [4.69, 9.17) is 11.6 Å². The minimum atomic E-state index is -4.78. The smallest absolute Gasteiger partial charge is 0.343 e. The van der Waals surface area contributed by atoms with Gasteiger partial charge in [-0.1, -0.05) is 108 Å². The second kappa shape index (κ2) is 37.1. The van der Waals surface area contributed by atoms with Crippen LogP contribution in [0.25, 0.3) is 0 Å². The fourth-order valence-electron chi connectivity index (χ4n) is 16.4. The normalized spacial score (nSPS) is 26.8. The van der Waals surface area contributed by atoms with E-state index in [1.807, 2.05) is 6.92 Å². The van der Waals surface area contributed by atoms with Crippen molar-refractivity contribution in [3.05, 3.63) is 64.4 Å². The Bertz CT molecular complexity index is 3440. The van der Waals surface area contributed by atoms with Crippen molar-refractivity contribution in [1.29, 1.82) is 0 Å². The van der Waals surface area contributed by atoms with Crippen LogP contribution in [0.4, 0.5) is 13.2 Å². The monoisotopic (exact) mass is 1490 g/mol. The Morgan fingerprint density at radius 3 is 1.90 bits per heavy atom. The van der Waals surface area contributed by atoms with E-state index in [1.54, 1.807) is 24.0 Å². The van der Waals surface area contributed by atoms with Crippen LogP contribution in [-0.2, 0) is 76.6 Å². The van der Waals surface area contributed by atoms with E-state index in [2.05, 4.69) is 20.9 Å². The van der Waals surface area contributed by atoms with E-state index in [1.165, 1.54) is 99.2 Å². The van der Waals surface area contributed by atoms with E-state index >= 15 is 33.6 Å². The summed E-state index contributed by atoms with van der Waals surface area (Å²) in [6.45, 7) is 4.80. The van der Waals surface area contributed by atoms with Gasteiger partial charge in [-0.25, -0.2) is 0 Å². The lowest BCUT2D eigenvalue weighted by Crippen LogP contribution is -2.66. The summed E-state index contributed by atoms with van der Waals surface area (Å²) in [5, 5.41) is 8.12. The molecule has 4 heterocycles. The van der Waals surface area contributed by atoms with Gasteiger partial charge >= 0.3 is 6.18 Å². The first-order valence-corrected chi connectivity index (χ1v) is 38.2. The Hall–Kier alpha value is -7.91. The number of halogens is 4. The molecule has 29 heteroatoms. The van der Waals surface area contributed by atoms with E-state index in [0.717, 1.165) is 84.6 Å². The van der Waals surface area contributed by atoms with Crippen LogP contribution in [0.2, 0.25) is 5.02 Å². The number of aryl methyl sites for hydroxylation is 1. The first kappa shape index (κ1) is 82.7. The summed E-state index contributed by atoms with van der Waals surface area (Å²) in [4.78, 5) is 197. The standard InChI is InChI=1S/C76H111ClF3N13O12/c1-11-48(2)64-72(103)86(5)47-63(96)93-40-24-30-57(93)70(101)89(8)59(42-50-25-15-12-16-26-50)69(100)85(4)46-61(94)82-56(34-32-51-31-33-54(55(77)41-51)76(78,79)80)68(99)88(7)58(43-52-27-23-37-81-45-52)67(98)84-75(35-19-20-36-75)74(105)91(10)65(53-28-17-13-18-29-53)73(104)90(9)60(71(102)92-38-21-14-22-39-92)44-62(95)87(6)49(3)66(97)83-64/h23,27,31,33,37,41,45,48-50,53,56-60,64-65H,11-22,24-26,28-30,32,34-36,38-40,42-44,46-47H2,1-10H3,(H,82,94)(H,83,97)(H,84,98)/t48-,49-,56-,57?,58-,59-,60-,64-,65-/m0/s1. The maximum atomic E-state index is 15.9. The zero-order valence-corrected chi connectivity index (χ0v) is 63.7. The summed E-state index contributed by atoms with van der Waals surface area (Å²) in [5.74, 6) is -8.82. The Balaban J connectivity index is 1.21. The van der Waals surface area contributed by atoms with Crippen LogP contribution < -0.4 is 16.0 Å². The molecule has 8 rings (SSSR count). The van der Waals surface area contributed by atoms with Crippen molar-refractivity contribution in [2.75, 3.05) is 82.1 Å². The molecule has 3 N–H and O–H groups in total. The van der Waals surface area contributed by atoms with Crippen LogP contribution in [0.3, 0.4) is 0 Å². The lowest BCUT2D eigenvalue weighted by atomic mass is 9.81. The van der Waals surface area contributed by atoms with Crippen molar-refractivity contribution >= 4 is 82.5 Å². The second-order valence-corrected chi connectivity index (χ2v) is 30.9. The summed E-state index contributed by atoms with van der Waals surface area (Å²) < 4.78 is 42.0. The van der Waals surface area contributed by atoms with Gasteiger partial charge in [0.05, 0.1) is 30.1 Å². The fourth-order valence-corrected chi connectivity index (χ4v) is 16.7. The highest BCUT2D eigenvalue weighted by Gasteiger charge is 2.51. The first-order chi connectivity index (χ1) is 49.8. The molecule has 12 amide bonds. The van der Waals surface area contributed by atoms with Crippen LogP contribution >= 0.6 is 11.6 Å². The molecule has 3 saturated carbocycles. The summed E-state index contributed by atoms with van der Waals surface area (Å²) in [6.07, 6.45) is 9.49. The largest absolute Gasteiger partial charge is 0.417 e. The van der Waals surface area contributed by atoms with E-state index in [-0.39, 0.29) is 63.0 Å². The zero-order chi connectivity index (χ0) is 76.8. The van der Waals surface area contributed by atoms with Gasteiger partial charge in [0.15, 0.2) is 0 Å². The van der Waals surface area contributed by atoms with Gasteiger partial charge in [-0.05, 0) is 131 Å². The van der Waals surface area contributed by atoms with Crippen molar-refractivity contribution in [2.45, 2.75) is 241 Å². The van der Waals surface area contributed by atoms with Crippen LogP contribution in [0.1, 0.15) is 185 Å². The second-order valence-electron chi connectivity index (χ2n) is 30.5. The van der Waals surface area contributed by atoms with E-state index in [9.17, 15) is 37.1 Å². The van der Waals surface area contributed by atoms with Crippen molar-refractivity contribution in [3.8, 4) is 0 Å². The Morgan fingerprint density at radius 1 is 0.648 bits per heavy atom. The molecule has 105 heavy (non-hydrogen) atoms. The molecule has 1 spiro atoms. The number of likely N-dealkylation sites (tertiary alicyclic amines) is 1. The fraction of sp³-hybridized carbons (Fsp3) is 0.697. The van der Waals surface area contributed by atoms with Crippen molar-refractivity contribution < 1.29 is 70.7 Å². The average molecular weight is 1490 g/mol. The van der Waals surface area contributed by atoms with E-state index in [0.29, 0.717) is 70.0 Å². The number of piperidine rings is 1. The molecule has 1 aromatic carbocycles. The van der Waals surface area contributed by atoms with Crippen molar-refractivity contribution in [1.82, 2.24) is 65.0 Å². The summed E-state index contributed by atoms with van der Waals surface area (Å²) in [7, 11) is 9.98. The molecule has 3 aliphatic carbocycles. The highest BCUT2D eigenvalue weighted by atomic mass is 35.5. The summed E-state index contributed by atoms with van der Waals surface area (Å²) >= 11 is 6.21. The molecular weight excluding hydrogens is 1380 g/mol. The predicted molar refractivity (Wildman–Crippen MR) is 387 cm³/mol. The summed E-state index contributed by atoms with van der Waals surface area (Å²) in [6, 6.07) is -3.75. The first-order valence-electron chi connectivity index (χ1n) is 37.9. The number of aromatic nitrogens is 1. The van der Waals surface area contributed by atoms with Gasteiger partial charge in [-0.15, -0.1) is 0 Å². The van der Waals surface area contributed by atoms with Gasteiger partial charge in [0.2, 0.25) is 70.9 Å². The quantitative estimate of drug-likeness (QED) is 0.220. The number of pyridine rings is 1. The number of alkyl halides is 3. The molecule has 6 aliphatic rings. The van der Waals surface area contributed by atoms with Gasteiger partial charge in [-0.3, -0.25) is 62.5 Å². The molecule has 580 valence electrons. The number of nitrogens with zero attached hydrogens (tertiary/aromatic N) is 10. The molecule has 2 aromatic rings. The van der Waals surface area contributed by atoms with Gasteiger partial charge in [-0.2, -0.15) is 13.2 Å². The number of fused-ring (bicyclic) bond motifs is 1. The highest BCUT2D eigenvalue weighted by molar-refractivity contribution is 6.31. The number of amides is 12. The number of carbonyl (C=O) groups excluding carboxylic acids is 12. The van der Waals surface area contributed by atoms with Gasteiger partial charge in [0, 0.05) is 87.8 Å². The Kier molecular flexibility index (Phi) is 29.2. The predicted octanol–water partition coefficient (Wildman–Crippen LogP) is 6.40. The molecular formula is C76H111ClF3N13O12. The van der Waals surface area contributed by atoms with Gasteiger partial charge in [0.1, 0.15) is 53.9 Å². The van der Waals surface area contributed by atoms with Crippen LogP contribution in [-0.4, -0.2) is 256 Å². The number of carbonyl (C=O) groups is 12. The third-order valence-corrected chi connectivity index (χ3v) is 23.6. The Labute approximate surface area is 621 Å². The minimum Gasteiger partial charge on any atom is -0.343 e. The molecule has 6 fully saturated rings. The van der Waals surface area contributed by atoms with Gasteiger partial charge in [0.25, 0.3) is 0 Å². The molecule has 1 unspecified atom stereocenters. The molecule has 3 aliphatic heterocycles. The maximum absolute atomic E-state index is 15.9. The van der Waals surface area contributed by atoms with Crippen LogP contribution in [0, 0.1) is 17.8 Å². The van der Waals surface area contributed by atoms with Gasteiger partial charge < -0.3 is 60.0 Å². The minimum absolute atomic E-state index is 0.00692. The molecule has 25 nitrogen and oxygen atoms in total. The molecule has 3 saturated heterocycles. The van der Waals surface area contributed by atoms with Crippen molar-refractivity contribution in [2.24, 2.45) is 17.8 Å². The zero-order valence-electron chi connectivity index (χ0n) is 63.0. The highest BCUT2D eigenvalue weighted by Crippen LogP contribution is 2.39. The Morgan fingerprint density at radius 2 is 1.28 bits per heavy atom. The molecule has 0 bridgehead atoms. The maximum Gasteiger partial charge on any atom is 0.417 e. The number of rotatable bonds is 11. The number of hydrogen-bond acceptors (Lipinski definition) is 13. The third kappa shape index (κ3) is 20.4. The molecule has 0 radical (unpaired) electrons. The number of hydrogen-bond donors (Lipinski definition) is 3. The third-order valence-electron chi connectivity index (χ3n) is 23.3. The average Bonchev–Trinajstić information content (AvgIpc) is 1.77. The van der Waals surface area contributed by atoms with Crippen LogP contribution in [0.5, 0.6) is 0 Å². The molecule has 1 aromatic heterocycles.